The quantitative estimate of drug-likeness (QED) is 0.473. The van der Waals surface area contributed by atoms with Crippen LogP contribution in [0.15, 0.2) is 25.6 Å². The molecule has 0 aliphatic carbocycles. The summed E-state index contributed by atoms with van der Waals surface area (Å²) in [6.07, 6.45) is 0. The van der Waals surface area contributed by atoms with Gasteiger partial charge in [-0.15, -0.1) is 0 Å². The van der Waals surface area contributed by atoms with Gasteiger partial charge in [0.2, 0.25) is 0 Å². The zero-order valence-electron chi connectivity index (χ0n) is 4.67. The van der Waals surface area contributed by atoms with Gasteiger partial charge in [0, 0.05) is 8.95 Å². The first-order chi connectivity index (χ1) is 4.61. The van der Waals surface area contributed by atoms with Crippen molar-refractivity contribution in [2.45, 2.75) is 0 Å². The maximum Gasteiger partial charge on any atom is 0.0570 e. The van der Waals surface area contributed by atoms with Crippen LogP contribution in [0.5, 0.6) is 0 Å². The lowest BCUT2D eigenvalue weighted by atomic mass is 10.4. The summed E-state index contributed by atoms with van der Waals surface area (Å²) < 4.78 is 2.80. The van der Waals surface area contributed by atoms with Crippen molar-refractivity contribution in [1.82, 2.24) is 0 Å². The number of hydrogen-bond donors (Lipinski definition) is 0. The van der Waals surface area contributed by atoms with Gasteiger partial charge >= 0.3 is 0 Å². The third-order valence-corrected chi connectivity index (χ3v) is 3.94. The molecule has 1 aromatic carbocycles. The molecule has 1 aromatic rings. The van der Waals surface area contributed by atoms with Gasteiger partial charge in [0.15, 0.2) is 0 Å². The molecule has 0 spiro atoms. The third-order valence-electron chi connectivity index (χ3n) is 0.949. The molecule has 0 amide bonds. The summed E-state index contributed by atoms with van der Waals surface area (Å²) in [4.78, 5) is 0. The van der Waals surface area contributed by atoms with Crippen molar-refractivity contribution in [3.8, 4) is 0 Å². The molecule has 0 atom stereocenters. The van der Waals surface area contributed by atoms with Gasteiger partial charge in [0.05, 0.1) is 9.50 Å². The number of halogens is 4. The van der Waals surface area contributed by atoms with E-state index in [9.17, 15) is 0 Å². The SMILES string of the molecule is Clc1cc(Br)cc(Br)c1Br. The molecule has 10 heavy (non-hydrogen) atoms. The van der Waals surface area contributed by atoms with Crippen LogP contribution in [0, 0.1) is 0 Å². The highest BCUT2D eigenvalue weighted by atomic mass is 79.9. The van der Waals surface area contributed by atoms with Crippen molar-refractivity contribution in [2.75, 3.05) is 0 Å². The predicted octanol–water partition coefficient (Wildman–Crippen LogP) is 4.63. The molecule has 0 unspecified atom stereocenters. The summed E-state index contributed by atoms with van der Waals surface area (Å²) in [6, 6.07) is 3.76. The van der Waals surface area contributed by atoms with E-state index in [1.165, 1.54) is 0 Å². The summed E-state index contributed by atoms with van der Waals surface area (Å²) >= 11 is 15.8. The lowest BCUT2D eigenvalue weighted by Gasteiger charge is -1.98. The smallest absolute Gasteiger partial charge is 0.0570 e. The van der Waals surface area contributed by atoms with Gasteiger partial charge in [0.1, 0.15) is 0 Å². The molecule has 54 valence electrons. The van der Waals surface area contributed by atoms with E-state index in [1.54, 1.807) is 0 Å². The summed E-state index contributed by atoms with van der Waals surface area (Å²) in [6.45, 7) is 0. The molecule has 0 saturated carbocycles. The first kappa shape index (κ1) is 9.04. The van der Waals surface area contributed by atoms with Crippen LogP contribution in [0.25, 0.3) is 0 Å². The van der Waals surface area contributed by atoms with Gasteiger partial charge in [0.25, 0.3) is 0 Å². The normalized spacial score (nSPS) is 10.0. The van der Waals surface area contributed by atoms with E-state index in [1.807, 2.05) is 12.1 Å². The average molecular weight is 349 g/mol. The molecule has 0 radical (unpaired) electrons. The number of benzene rings is 1. The summed E-state index contributed by atoms with van der Waals surface area (Å²) in [5, 5.41) is 0.696. The van der Waals surface area contributed by atoms with Crippen LogP contribution in [0.2, 0.25) is 5.02 Å². The van der Waals surface area contributed by atoms with Gasteiger partial charge in [-0.25, -0.2) is 0 Å². The van der Waals surface area contributed by atoms with Crippen LogP contribution in [0.4, 0.5) is 0 Å². The molecule has 0 bridgehead atoms. The van der Waals surface area contributed by atoms with E-state index in [0.29, 0.717) is 5.02 Å². The van der Waals surface area contributed by atoms with Crippen LogP contribution >= 0.6 is 59.4 Å². The zero-order valence-corrected chi connectivity index (χ0v) is 10.2. The molecule has 0 aliphatic heterocycles. The Hall–Kier alpha value is 0.950. The Labute approximate surface area is 89.3 Å². The molecular weight excluding hydrogens is 347 g/mol. The number of hydrogen-bond acceptors (Lipinski definition) is 0. The Kier molecular flexibility index (Phi) is 3.22. The Morgan fingerprint density at radius 3 is 2.20 bits per heavy atom. The van der Waals surface area contributed by atoms with Crippen LogP contribution in [-0.2, 0) is 0 Å². The van der Waals surface area contributed by atoms with E-state index in [-0.39, 0.29) is 0 Å². The van der Waals surface area contributed by atoms with Crippen molar-refractivity contribution < 1.29 is 0 Å². The average Bonchev–Trinajstić information content (AvgIpc) is 1.82. The fraction of sp³-hybridized carbons (Fsp3) is 0. The monoisotopic (exact) mass is 346 g/mol. The van der Waals surface area contributed by atoms with Crippen LogP contribution < -0.4 is 0 Å². The summed E-state index contributed by atoms with van der Waals surface area (Å²) in [5.41, 5.74) is 0. The standard InChI is InChI=1S/C6H2Br3Cl/c7-3-1-4(8)6(9)5(10)2-3/h1-2H. The van der Waals surface area contributed by atoms with E-state index >= 15 is 0 Å². The fourth-order valence-electron chi connectivity index (χ4n) is 0.525. The first-order valence-corrected chi connectivity index (χ1v) is 5.17. The highest BCUT2D eigenvalue weighted by Crippen LogP contribution is 2.33. The third kappa shape index (κ3) is 1.97. The molecular formula is C6H2Br3Cl. The molecule has 0 nitrogen and oxygen atoms in total. The second-order valence-electron chi connectivity index (χ2n) is 1.68. The topological polar surface area (TPSA) is 0 Å². The predicted molar refractivity (Wildman–Crippen MR) is 54.6 cm³/mol. The lowest BCUT2D eigenvalue weighted by Crippen LogP contribution is -1.72. The minimum Gasteiger partial charge on any atom is -0.0830 e. The Bertz CT molecular complexity index is 236. The van der Waals surface area contributed by atoms with Gasteiger partial charge in [-0.1, -0.05) is 27.5 Å². The summed E-state index contributed by atoms with van der Waals surface area (Å²) in [5.74, 6) is 0. The molecule has 1 rings (SSSR count). The highest BCUT2D eigenvalue weighted by Gasteiger charge is 2.02. The molecule has 0 aliphatic rings. The van der Waals surface area contributed by atoms with Crippen LogP contribution in [0.1, 0.15) is 0 Å². The van der Waals surface area contributed by atoms with Gasteiger partial charge < -0.3 is 0 Å². The van der Waals surface area contributed by atoms with E-state index < -0.39 is 0 Å². The molecule has 0 saturated heterocycles. The highest BCUT2D eigenvalue weighted by molar-refractivity contribution is 9.13. The number of rotatable bonds is 0. The molecule has 0 N–H and O–H groups in total. The van der Waals surface area contributed by atoms with E-state index in [2.05, 4.69) is 47.8 Å². The zero-order chi connectivity index (χ0) is 7.72. The molecule has 4 heteroatoms. The molecule has 0 aromatic heterocycles. The van der Waals surface area contributed by atoms with Crippen LogP contribution in [-0.4, -0.2) is 0 Å². The van der Waals surface area contributed by atoms with Gasteiger partial charge in [-0.2, -0.15) is 0 Å². The van der Waals surface area contributed by atoms with Gasteiger partial charge in [-0.3, -0.25) is 0 Å². The van der Waals surface area contributed by atoms with Crippen molar-refractivity contribution in [1.29, 1.82) is 0 Å². The van der Waals surface area contributed by atoms with Crippen molar-refractivity contribution in [3.05, 3.63) is 30.6 Å². The Morgan fingerprint density at radius 1 is 1.10 bits per heavy atom. The van der Waals surface area contributed by atoms with Crippen LogP contribution in [0.3, 0.4) is 0 Å². The second-order valence-corrected chi connectivity index (χ2v) is 4.65. The first-order valence-electron chi connectivity index (χ1n) is 2.41. The molecule has 0 heterocycles. The van der Waals surface area contributed by atoms with E-state index in [0.717, 1.165) is 13.4 Å². The minimum absolute atomic E-state index is 0.696. The maximum absolute atomic E-state index is 5.81. The molecule has 0 fully saturated rings. The Balaban J connectivity index is 3.31. The fourth-order valence-corrected chi connectivity index (χ4v) is 2.44. The van der Waals surface area contributed by atoms with Gasteiger partial charge in [-0.05, 0) is 44.0 Å². The second kappa shape index (κ2) is 3.57. The Morgan fingerprint density at radius 2 is 1.70 bits per heavy atom. The van der Waals surface area contributed by atoms with Crippen molar-refractivity contribution in [2.24, 2.45) is 0 Å². The van der Waals surface area contributed by atoms with Crippen molar-refractivity contribution in [3.63, 3.8) is 0 Å². The summed E-state index contributed by atoms with van der Waals surface area (Å²) in [7, 11) is 0. The minimum atomic E-state index is 0.696. The lowest BCUT2D eigenvalue weighted by molar-refractivity contribution is 1.55. The largest absolute Gasteiger partial charge is 0.0830 e. The maximum atomic E-state index is 5.81. The van der Waals surface area contributed by atoms with Crippen molar-refractivity contribution >= 4 is 59.4 Å². The van der Waals surface area contributed by atoms with E-state index in [4.69, 9.17) is 11.6 Å².